The number of hydrogen-bond donors (Lipinski definition) is 2. The van der Waals surface area contributed by atoms with Crippen LogP contribution in [0.15, 0.2) is 12.1 Å². The number of rotatable bonds is 2. The highest BCUT2D eigenvalue weighted by molar-refractivity contribution is 5.95. The highest BCUT2D eigenvalue weighted by atomic mass is 16.5. The molecule has 0 aromatic heterocycles. The lowest BCUT2D eigenvalue weighted by atomic mass is 9.94. The Hall–Kier alpha value is -1.79. The number of fused-ring (bicyclic) bond motifs is 1. The summed E-state index contributed by atoms with van der Waals surface area (Å²) in [7, 11) is 2.92. The zero-order valence-corrected chi connectivity index (χ0v) is 14.4. The van der Waals surface area contributed by atoms with Crippen LogP contribution in [0, 0.1) is 0 Å². The standard InChI is InChI=1S/C18H26O6/c1-11-7-5-4-6-8-14(19)17(20)13-9-12(22-2)10-15(23-3)16(13)18(21)24-11/h9-11,14,17,19-20H,4-8H2,1-3H3. The summed E-state index contributed by atoms with van der Waals surface area (Å²) in [5, 5.41) is 20.9. The molecule has 134 valence electrons. The second-order valence-corrected chi connectivity index (χ2v) is 6.16. The Bertz CT molecular complexity index is 571. The van der Waals surface area contributed by atoms with Crippen molar-refractivity contribution in [3.63, 3.8) is 0 Å². The van der Waals surface area contributed by atoms with Crippen LogP contribution in [0.1, 0.15) is 61.1 Å². The first-order valence-corrected chi connectivity index (χ1v) is 8.31. The lowest BCUT2D eigenvalue weighted by Gasteiger charge is -2.24. The summed E-state index contributed by atoms with van der Waals surface area (Å²) in [6.45, 7) is 1.85. The first-order valence-electron chi connectivity index (χ1n) is 8.31. The Balaban J connectivity index is 2.53. The van der Waals surface area contributed by atoms with Crippen molar-refractivity contribution in [2.75, 3.05) is 14.2 Å². The SMILES string of the molecule is COc1cc(OC)c2c(c1)C(O)C(O)CCCCCC(C)OC2=O. The maximum absolute atomic E-state index is 12.6. The van der Waals surface area contributed by atoms with Crippen molar-refractivity contribution < 1.29 is 29.2 Å². The topological polar surface area (TPSA) is 85.2 Å². The predicted octanol–water partition coefficient (Wildman–Crippen LogP) is 2.61. The van der Waals surface area contributed by atoms with Gasteiger partial charge in [-0.3, -0.25) is 0 Å². The van der Waals surface area contributed by atoms with E-state index in [2.05, 4.69) is 0 Å². The molecular weight excluding hydrogens is 312 g/mol. The van der Waals surface area contributed by atoms with Crippen molar-refractivity contribution in [2.24, 2.45) is 0 Å². The van der Waals surface area contributed by atoms with Gasteiger partial charge in [0.2, 0.25) is 0 Å². The summed E-state index contributed by atoms with van der Waals surface area (Å²) in [5.74, 6) is 0.124. The second-order valence-electron chi connectivity index (χ2n) is 6.16. The number of carbonyl (C=O) groups excluding carboxylic acids is 1. The highest BCUT2D eigenvalue weighted by Gasteiger charge is 2.29. The molecule has 3 unspecified atom stereocenters. The molecule has 1 aliphatic heterocycles. The zero-order chi connectivity index (χ0) is 17.7. The van der Waals surface area contributed by atoms with E-state index in [0.29, 0.717) is 12.2 Å². The van der Waals surface area contributed by atoms with Crippen LogP contribution >= 0.6 is 0 Å². The van der Waals surface area contributed by atoms with E-state index in [1.165, 1.54) is 14.2 Å². The lowest BCUT2D eigenvalue weighted by molar-refractivity contribution is 0.00745. The van der Waals surface area contributed by atoms with Crippen molar-refractivity contribution in [3.05, 3.63) is 23.3 Å². The number of esters is 1. The molecule has 3 atom stereocenters. The maximum Gasteiger partial charge on any atom is 0.342 e. The van der Waals surface area contributed by atoms with Gasteiger partial charge in [-0.05, 0) is 32.3 Å². The molecule has 0 spiro atoms. The minimum atomic E-state index is -1.22. The van der Waals surface area contributed by atoms with Gasteiger partial charge in [0.05, 0.1) is 26.4 Å². The van der Waals surface area contributed by atoms with Crippen molar-refractivity contribution in [3.8, 4) is 11.5 Å². The van der Waals surface area contributed by atoms with Gasteiger partial charge in [0.25, 0.3) is 0 Å². The molecule has 0 aliphatic carbocycles. The molecule has 24 heavy (non-hydrogen) atoms. The fourth-order valence-corrected chi connectivity index (χ4v) is 2.97. The molecular formula is C18H26O6. The molecule has 0 bridgehead atoms. The van der Waals surface area contributed by atoms with Crippen LogP contribution < -0.4 is 9.47 Å². The number of ether oxygens (including phenoxy) is 3. The molecule has 1 aromatic rings. The molecule has 2 rings (SSSR count). The Kier molecular flexibility index (Phi) is 6.45. The van der Waals surface area contributed by atoms with Gasteiger partial charge in [0.1, 0.15) is 23.2 Å². The average molecular weight is 338 g/mol. The van der Waals surface area contributed by atoms with Gasteiger partial charge in [-0.15, -0.1) is 0 Å². The average Bonchev–Trinajstić information content (AvgIpc) is 2.58. The number of aliphatic hydroxyl groups is 2. The number of carbonyl (C=O) groups is 1. The molecule has 0 amide bonds. The maximum atomic E-state index is 12.6. The molecule has 1 aliphatic rings. The van der Waals surface area contributed by atoms with Gasteiger partial charge in [-0.1, -0.05) is 12.8 Å². The van der Waals surface area contributed by atoms with Gasteiger partial charge in [0, 0.05) is 11.6 Å². The minimum Gasteiger partial charge on any atom is -0.497 e. The van der Waals surface area contributed by atoms with Gasteiger partial charge in [-0.2, -0.15) is 0 Å². The Morgan fingerprint density at radius 3 is 2.46 bits per heavy atom. The molecule has 0 saturated heterocycles. The summed E-state index contributed by atoms with van der Waals surface area (Å²) in [6.07, 6.45) is 1.44. The summed E-state index contributed by atoms with van der Waals surface area (Å²) < 4.78 is 16.0. The number of cyclic esters (lactones) is 1. The molecule has 0 fully saturated rings. The fraction of sp³-hybridized carbons (Fsp3) is 0.611. The van der Waals surface area contributed by atoms with E-state index < -0.39 is 18.2 Å². The van der Waals surface area contributed by atoms with Crippen molar-refractivity contribution in [1.82, 2.24) is 0 Å². The van der Waals surface area contributed by atoms with E-state index in [0.717, 1.165) is 25.7 Å². The first-order chi connectivity index (χ1) is 11.5. The monoisotopic (exact) mass is 338 g/mol. The molecule has 0 radical (unpaired) electrons. The van der Waals surface area contributed by atoms with Gasteiger partial charge >= 0.3 is 5.97 Å². The van der Waals surface area contributed by atoms with Crippen molar-refractivity contribution >= 4 is 5.97 Å². The van der Waals surface area contributed by atoms with Crippen LogP contribution in [0.4, 0.5) is 0 Å². The predicted molar refractivity (Wildman–Crippen MR) is 88.5 cm³/mol. The Morgan fingerprint density at radius 2 is 1.79 bits per heavy atom. The van der Waals surface area contributed by atoms with Gasteiger partial charge in [0.15, 0.2) is 0 Å². The molecule has 1 aromatic carbocycles. The summed E-state index contributed by atoms with van der Waals surface area (Å²) in [6, 6.07) is 3.11. The quantitative estimate of drug-likeness (QED) is 0.806. The lowest BCUT2D eigenvalue weighted by Crippen LogP contribution is -2.24. The zero-order valence-electron chi connectivity index (χ0n) is 14.4. The Morgan fingerprint density at radius 1 is 1.08 bits per heavy atom. The third kappa shape index (κ3) is 4.19. The third-order valence-electron chi connectivity index (χ3n) is 4.37. The highest BCUT2D eigenvalue weighted by Crippen LogP contribution is 2.35. The largest absolute Gasteiger partial charge is 0.497 e. The van der Waals surface area contributed by atoms with Crippen LogP contribution in [-0.4, -0.2) is 42.6 Å². The number of methoxy groups -OCH3 is 2. The van der Waals surface area contributed by atoms with Gasteiger partial charge in [-0.25, -0.2) is 4.79 Å². The number of hydrogen-bond acceptors (Lipinski definition) is 6. The molecule has 6 nitrogen and oxygen atoms in total. The first kappa shape index (κ1) is 18.5. The second kappa shape index (κ2) is 8.35. The fourth-order valence-electron chi connectivity index (χ4n) is 2.97. The summed E-state index contributed by atoms with van der Waals surface area (Å²) in [5.41, 5.74) is 0.397. The summed E-state index contributed by atoms with van der Waals surface area (Å²) >= 11 is 0. The number of benzene rings is 1. The van der Waals surface area contributed by atoms with E-state index >= 15 is 0 Å². The number of aliphatic hydroxyl groups excluding tert-OH is 2. The summed E-state index contributed by atoms with van der Waals surface area (Å²) in [4.78, 5) is 12.6. The normalized spacial score (nSPS) is 25.7. The van der Waals surface area contributed by atoms with Crippen LogP contribution in [0.25, 0.3) is 0 Å². The van der Waals surface area contributed by atoms with Crippen LogP contribution in [0.5, 0.6) is 11.5 Å². The molecule has 2 N–H and O–H groups in total. The molecule has 1 heterocycles. The minimum absolute atomic E-state index is 0.136. The Labute approximate surface area is 142 Å². The van der Waals surface area contributed by atoms with Crippen LogP contribution in [0.3, 0.4) is 0 Å². The van der Waals surface area contributed by atoms with Crippen LogP contribution in [0.2, 0.25) is 0 Å². The van der Waals surface area contributed by atoms with Crippen LogP contribution in [-0.2, 0) is 4.74 Å². The van der Waals surface area contributed by atoms with Crippen molar-refractivity contribution in [2.45, 2.75) is 57.3 Å². The van der Waals surface area contributed by atoms with E-state index in [9.17, 15) is 15.0 Å². The van der Waals surface area contributed by atoms with E-state index in [1.807, 2.05) is 6.92 Å². The van der Waals surface area contributed by atoms with E-state index in [1.54, 1.807) is 12.1 Å². The van der Waals surface area contributed by atoms with Crippen molar-refractivity contribution in [1.29, 1.82) is 0 Å². The van der Waals surface area contributed by atoms with E-state index in [-0.39, 0.29) is 23.0 Å². The molecule has 6 heteroatoms. The molecule has 0 saturated carbocycles. The smallest absolute Gasteiger partial charge is 0.342 e. The third-order valence-corrected chi connectivity index (χ3v) is 4.37. The van der Waals surface area contributed by atoms with E-state index in [4.69, 9.17) is 14.2 Å². The van der Waals surface area contributed by atoms with Gasteiger partial charge < -0.3 is 24.4 Å².